The number of nitrogens with zero attached hydrogens (tertiary/aromatic N) is 5. The lowest BCUT2D eigenvalue weighted by molar-refractivity contribution is 0.454. The fourth-order valence-corrected chi connectivity index (χ4v) is 3.16. The highest BCUT2D eigenvalue weighted by atomic mass is 16.3. The van der Waals surface area contributed by atoms with E-state index in [-0.39, 0.29) is 23.7 Å². The molecule has 5 rings (SSSR count). The molecule has 4 aromatic rings. The third kappa shape index (κ3) is 3.54. The molecule has 0 bridgehead atoms. The van der Waals surface area contributed by atoms with Gasteiger partial charge in [-0.2, -0.15) is 19.6 Å². The Morgan fingerprint density at radius 2 is 2.07 bits per heavy atom. The van der Waals surface area contributed by atoms with Crippen LogP contribution < -0.4 is 21.8 Å². The molecule has 1 aromatic carbocycles. The van der Waals surface area contributed by atoms with Gasteiger partial charge in [-0.25, -0.2) is 9.79 Å². The van der Waals surface area contributed by atoms with Crippen LogP contribution in [0, 0.1) is 0 Å². The molecule has 0 aliphatic heterocycles. The zero-order chi connectivity index (χ0) is 20.7. The number of H-pyrrole nitrogens is 2. The van der Waals surface area contributed by atoms with E-state index < -0.39 is 5.69 Å². The van der Waals surface area contributed by atoms with Gasteiger partial charge >= 0.3 is 5.69 Å². The summed E-state index contributed by atoms with van der Waals surface area (Å²) >= 11 is 0. The van der Waals surface area contributed by atoms with Gasteiger partial charge in [-0.1, -0.05) is 30.3 Å². The van der Waals surface area contributed by atoms with Gasteiger partial charge in [-0.15, -0.1) is 0 Å². The van der Waals surface area contributed by atoms with Gasteiger partial charge in [-0.05, 0) is 31.4 Å². The predicted octanol–water partition coefficient (Wildman–Crippen LogP) is 0.630. The van der Waals surface area contributed by atoms with Gasteiger partial charge < -0.3 is 15.4 Å². The van der Waals surface area contributed by atoms with E-state index in [0.29, 0.717) is 22.4 Å². The Bertz CT molecular complexity index is 1380. The summed E-state index contributed by atoms with van der Waals surface area (Å²) in [6.45, 7) is 2.03. The third-order valence-electron chi connectivity index (χ3n) is 4.90. The van der Waals surface area contributed by atoms with E-state index in [0.717, 1.165) is 18.4 Å². The number of hydrogen-bond acceptors (Lipinski definition) is 7. The summed E-state index contributed by atoms with van der Waals surface area (Å²) in [5.74, 6) is 0.188. The molecule has 1 aliphatic carbocycles. The zero-order valence-electron chi connectivity index (χ0n) is 16.2. The Morgan fingerprint density at radius 1 is 1.27 bits per heavy atom. The largest absolute Gasteiger partial charge is 0.493 e. The molecule has 30 heavy (non-hydrogen) atoms. The first kappa shape index (κ1) is 18.1. The number of benzene rings is 1. The average Bonchev–Trinajstić information content (AvgIpc) is 3.37. The van der Waals surface area contributed by atoms with Crippen LogP contribution in [0.15, 0.2) is 46.3 Å². The van der Waals surface area contributed by atoms with E-state index >= 15 is 0 Å². The number of anilines is 1. The Morgan fingerprint density at radius 3 is 2.77 bits per heavy atom. The number of imidazole rings is 1. The highest BCUT2D eigenvalue weighted by molar-refractivity contribution is 5.57. The monoisotopic (exact) mass is 404 g/mol. The number of nitrogens with one attached hydrogen (secondary N) is 3. The van der Waals surface area contributed by atoms with Gasteiger partial charge in [0.1, 0.15) is 5.69 Å². The number of fused-ring (bicyclic) bond motifs is 1. The summed E-state index contributed by atoms with van der Waals surface area (Å²) < 4.78 is 1.57. The minimum Gasteiger partial charge on any atom is -0.493 e. The molecule has 1 aliphatic rings. The normalized spacial score (nSPS) is 16.3. The number of rotatable bonds is 5. The molecule has 3 heterocycles. The average molecular weight is 404 g/mol. The van der Waals surface area contributed by atoms with Crippen molar-refractivity contribution >= 4 is 17.7 Å². The number of aromatic hydroxyl groups is 1. The lowest BCUT2D eigenvalue weighted by Crippen LogP contribution is -2.25. The topological polar surface area (TPSA) is 136 Å². The molecule has 1 saturated carbocycles. The minimum absolute atomic E-state index is 0.0113. The molecular weight excluding hydrogens is 384 g/mol. The van der Waals surface area contributed by atoms with Crippen LogP contribution in [-0.2, 0) is 0 Å². The quantitative estimate of drug-likeness (QED) is 0.385. The second-order valence-corrected chi connectivity index (χ2v) is 7.31. The van der Waals surface area contributed by atoms with Crippen molar-refractivity contribution in [3.05, 3.63) is 69.1 Å². The SMILES string of the molecule is CC(Nc1nc(=NC2CC2)n2nc/c(=C\c3[nH]c(=O)[nH]c3O)c2n1)c1ccccc1. The second-order valence-electron chi connectivity index (χ2n) is 7.31. The van der Waals surface area contributed by atoms with Crippen LogP contribution in [0.3, 0.4) is 0 Å². The molecule has 0 amide bonds. The minimum atomic E-state index is -0.492. The smallest absolute Gasteiger partial charge is 0.326 e. The van der Waals surface area contributed by atoms with Crippen LogP contribution >= 0.6 is 0 Å². The van der Waals surface area contributed by atoms with Crippen LogP contribution in [0.1, 0.15) is 37.1 Å². The highest BCUT2D eigenvalue weighted by Gasteiger charge is 2.21. The molecule has 1 atom stereocenters. The number of aromatic nitrogens is 6. The lowest BCUT2D eigenvalue weighted by Gasteiger charge is -2.14. The standard InChI is InChI=1S/C20H20N8O2/c1-11(12-5-3-2-4-6-12)22-18-25-16-13(9-15-17(29)26-20(30)24-15)10-21-28(16)19(27-18)23-14-7-8-14/h2-6,9-11,14,29H,7-8H2,1H3,(H,22,23,27)(H2,24,26,30)/b13-9+. The maximum atomic E-state index is 11.4. The molecule has 0 saturated heterocycles. The van der Waals surface area contributed by atoms with E-state index in [2.05, 4.69) is 35.3 Å². The van der Waals surface area contributed by atoms with Crippen LogP contribution in [-0.4, -0.2) is 40.7 Å². The summed E-state index contributed by atoms with van der Waals surface area (Å²) in [7, 11) is 0. The Kier molecular flexibility index (Phi) is 4.31. The second kappa shape index (κ2) is 7.14. The molecule has 0 radical (unpaired) electrons. The Labute approximate surface area is 170 Å². The van der Waals surface area contributed by atoms with Crippen molar-refractivity contribution in [1.82, 2.24) is 29.5 Å². The maximum absolute atomic E-state index is 11.4. The number of hydrogen-bond donors (Lipinski definition) is 4. The number of aromatic amines is 2. The van der Waals surface area contributed by atoms with Crippen molar-refractivity contribution in [1.29, 1.82) is 0 Å². The molecule has 1 fully saturated rings. The molecule has 3 aromatic heterocycles. The van der Waals surface area contributed by atoms with Crippen molar-refractivity contribution in [2.24, 2.45) is 4.99 Å². The van der Waals surface area contributed by atoms with Gasteiger partial charge in [-0.3, -0.25) is 4.98 Å². The van der Waals surface area contributed by atoms with Gasteiger partial charge in [0.05, 0.1) is 18.3 Å². The summed E-state index contributed by atoms with van der Waals surface area (Å²) in [4.78, 5) is 30.1. The molecule has 10 heteroatoms. The van der Waals surface area contributed by atoms with Gasteiger partial charge in [0, 0.05) is 5.22 Å². The van der Waals surface area contributed by atoms with Gasteiger partial charge in [0.15, 0.2) is 5.65 Å². The summed E-state index contributed by atoms with van der Waals surface area (Å²) in [6, 6.07) is 10.3. The van der Waals surface area contributed by atoms with Crippen molar-refractivity contribution in [3.63, 3.8) is 0 Å². The molecule has 4 N–H and O–H groups in total. The van der Waals surface area contributed by atoms with Crippen LogP contribution in [0.2, 0.25) is 0 Å². The first-order valence-electron chi connectivity index (χ1n) is 9.71. The zero-order valence-corrected chi connectivity index (χ0v) is 16.2. The van der Waals surface area contributed by atoms with Crippen molar-refractivity contribution in [2.45, 2.75) is 31.8 Å². The molecule has 10 nitrogen and oxygen atoms in total. The Hall–Kier alpha value is -3.95. The first-order valence-corrected chi connectivity index (χ1v) is 9.71. The van der Waals surface area contributed by atoms with Crippen LogP contribution in [0.4, 0.5) is 5.95 Å². The van der Waals surface area contributed by atoms with Crippen molar-refractivity contribution in [3.8, 4) is 5.88 Å². The predicted molar refractivity (Wildman–Crippen MR) is 110 cm³/mol. The van der Waals surface area contributed by atoms with Gasteiger partial charge in [0.25, 0.3) is 5.62 Å². The molecule has 1 unspecified atom stereocenters. The van der Waals surface area contributed by atoms with Crippen molar-refractivity contribution < 1.29 is 5.11 Å². The molecular formula is C20H20N8O2. The van der Waals surface area contributed by atoms with E-state index in [4.69, 9.17) is 0 Å². The summed E-state index contributed by atoms with van der Waals surface area (Å²) in [5, 5.41) is 18.2. The maximum Gasteiger partial charge on any atom is 0.326 e. The molecule has 0 spiro atoms. The summed E-state index contributed by atoms with van der Waals surface area (Å²) in [5.41, 5.74) is 1.86. The van der Waals surface area contributed by atoms with E-state index in [9.17, 15) is 9.90 Å². The van der Waals surface area contributed by atoms with E-state index in [1.54, 1.807) is 16.8 Å². The van der Waals surface area contributed by atoms with Crippen LogP contribution in [0.25, 0.3) is 11.7 Å². The van der Waals surface area contributed by atoms with Crippen LogP contribution in [0.5, 0.6) is 5.88 Å². The van der Waals surface area contributed by atoms with Crippen molar-refractivity contribution in [2.75, 3.05) is 5.32 Å². The highest BCUT2D eigenvalue weighted by Crippen LogP contribution is 2.22. The molecule has 152 valence electrons. The van der Waals surface area contributed by atoms with Gasteiger partial charge in [0.2, 0.25) is 11.8 Å². The van der Waals surface area contributed by atoms with E-state index in [1.807, 2.05) is 37.3 Å². The Balaban J connectivity index is 1.63. The van der Waals surface area contributed by atoms with E-state index in [1.165, 1.54) is 0 Å². The fraction of sp³-hybridized carbons (Fsp3) is 0.250. The first-order chi connectivity index (χ1) is 14.6. The fourth-order valence-electron chi connectivity index (χ4n) is 3.16. The summed E-state index contributed by atoms with van der Waals surface area (Å²) in [6.07, 6.45) is 5.28. The lowest BCUT2D eigenvalue weighted by atomic mass is 10.1. The third-order valence-corrected chi connectivity index (χ3v) is 4.90.